The Morgan fingerprint density at radius 2 is 1.88 bits per heavy atom. The van der Waals surface area contributed by atoms with E-state index in [-0.39, 0.29) is 30.0 Å². The predicted octanol–water partition coefficient (Wildman–Crippen LogP) is 2.34. The van der Waals surface area contributed by atoms with E-state index in [2.05, 4.69) is 4.98 Å². The lowest BCUT2D eigenvalue weighted by Gasteiger charge is -2.31. The maximum atomic E-state index is 13.5. The van der Waals surface area contributed by atoms with Crippen LogP contribution in [0.5, 0.6) is 5.75 Å². The van der Waals surface area contributed by atoms with Gasteiger partial charge in [0.25, 0.3) is 5.56 Å². The zero-order chi connectivity index (χ0) is 24.0. The number of unbranched alkanes of at least 4 members (excludes halogenated alkanes) is 1. The summed E-state index contributed by atoms with van der Waals surface area (Å²) < 4.78 is 6.57. The van der Waals surface area contributed by atoms with Crippen molar-refractivity contribution in [2.24, 2.45) is 0 Å². The molecule has 1 aliphatic carbocycles. The maximum Gasteiger partial charge on any atom is 0.330 e. The summed E-state index contributed by atoms with van der Waals surface area (Å²) in [4.78, 5) is 44.6. The monoisotopic (exact) mass is 457 g/mol. The number of benzene rings is 1. The van der Waals surface area contributed by atoms with Crippen molar-refractivity contribution in [1.29, 1.82) is 0 Å². The summed E-state index contributed by atoms with van der Waals surface area (Å²) in [6.45, 7) is 3.10. The molecule has 2 aromatic rings. The average molecular weight is 458 g/mol. The first-order valence-corrected chi connectivity index (χ1v) is 11.6. The van der Waals surface area contributed by atoms with E-state index in [0.29, 0.717) is 13.1 Å². The Bertz CT molecular complexity index is 1050. The second kappa shape index (κ2) is 11.2. The van der Waals surface area contributed by atoms with E-state index in [1.165, 1.54) is 4.57 Å². The molecule has 1 aliphatic rings. The highest BCUT2D eigenvalue weighted by Crippen LogP contribution is 2.29. The van der Waals surface area contributed by atoms with Crippen LogP contribution in [0.2, 0.25) is 0 Å². The fourth-order valence-corrected chi connectivity index (χ4v) is 4.43. The number of nitrogens with zero attached hydrogens (tertiary/aromatic N) is 3. The minimum absolute atomic E-state index is 0.0651. The standard InChI is InChI=1S/C24H35N5O4/c1-4-5-14-28-22(25)21(23(31)26-24(28)32)29(18-8-6-7-9-18)20(30)16-27(2)15-17-10-12-19(33-3)13-11-17/h10-13,18H,4-9,14-16,25H2,1-3H3,(H,26,31,32). The number of nitrogens with one attached hydrogen (secondary N) is 1. The molecule has 0 atom stereocenters. The van der Waals surface area contributed by atoms with Gasteiger partial charge in [-0.1, -0.05) is 38.3 Å². The number of nitrogen functional groups attached to an aromatic ring is 1. The highest BCUT2D eigenvalue weighted by Gasteiger charge is 2.32. The molecule has 1 saturated carbocycles. The molecule has 1 aromatic carbocycles. The molecule has 1 fully saturated rings. The van der Waals surface area contributed by atoms with Crippen LogP contribution in [-0.4, -0.2) is 47.1 Å². The topological polar surface area (TPSA) is 114 Å². The lowest BCUT2D eigenvalue weighted by molar-refractivity contribution is -0.120. The van der Waals surface area contributed by atoms with Crippen LogP contribution in [0.3, 0.4) is 0 Å². The van der Waals surface area contributed by atoms with Crippen LogP contribution in [0.25, 0.3) is 0 Å². The lowest BCUT2D eigenvalue weighted by atomic mass is 10.1. The smallest absolute Gasteiger partial charge is 0.330 e. The van der Waals surface area contributed by atoms with E-state index >= 15 is 0 Å². The predicted molar refractivity (Wildman–Crippen MR) is 130 cm³/mol. The van der Waals surface area contributed by atoms with Crippen LogP contribution >= 0.6 is 0 Å². The molecule has 180 valence electrons. The van der Waals surface area contributed by atoms with Gasteiger partial charge in [-0.2, -0.15) is 0 Å². The number of aromatic nitrogens is 2. The number of carbonyl (C=O) groups excluding carboxylic acids is 1. The Labute approximate surface area is 194 Å². The molecule has 0 radical (unpaired) electrons. The van der Waals surface area contributed by atoms with Crippen molar-refractivity contribution in [3.05, 3.63) is 50.7 Å². The van der Waals surface area contributed by atoms with E-state index in [9.17, 15) is 14.4 Å². The van der Waals surface area contributed by atoms with Crippen molar-refractivity contribution in [3.8, 4) is 5.75 Å². The molecular formula is C24H35N5O4. The minimum Gasteiger partial charge on any atom is -0.497 e. The van der Waals surface area contributed by atoms with Gasteiger partial charge in [0.1, 0.15) is 11.6 Å². The van der Waals surface area contributed by atoms with E-state index in [1.54, 1.807) is 12.0 Å². The highest BCUT2D eigenvalue weighted by atomic mass is 16.5. The molecule has 1 heterocycles. The number of aromatic amines is 1. The Kier molecular flexibility index (Phi) is 8.32. The number of carbonyl (C=O) groups is 1. The first kappa shape index (κ1) is 24.6. The SMILES string of the molecule is CCCCn1c(N)c(N(C(=O)CN(C)Cc2ccc(OC)cc2)C2CCCC2)c(=O)[nH]c1=O. The number of likely N-dealkylation sites (N-methyl/N-ethyl adjacent to an activating group) is 1. The van der Waals surface area contributed by atoms with E-state index in [0.717, 1.165) is 49.8 Å². The van der Waals surface area contributed by atoms with Crippen LogP contribution in [0, 0.1) is 0 Å². The normalized spacial score (nSPS) is 14.1. The third-order valence-electron chi connectivity index (χ3n) is 6.17. The summed E-state index contributed by atoms with van der Waals surface area (Å²) in [6.07, 6.45) is 5.22. The Morgan fingerprint density at radius 3 is 2.48 bits per heavy atom. The fourth-order valence-electron chi connectivity index (χ4n) is 4.43. The molecular weight excluding hydrogens is 422 g/mol. The van der Waals surface area contributed by atoms with Gasteiger partial charge >= 0.3 is 5.69 Å². The molecule has 1 aromatic heterocycles. The Morgan fingerprint density at radius 1 is 1.21 bits per heavy atom. The summed E-state index contributed by atoms with van der Waals surface area (Å²) in [6, 6.07) is 7.58. The third-order valence-corrected chi connectivity index (χ3v) is 6.17. The third kappa shape index (κ3) is 5.84. The summed E-state index contributed by atoms with van der Waals surface area (Å²) in [7, 11) is 3.49. The van der Waals surface area contributed by atoms with Crippen molar-refractivity contribution in [2.45, 2.75) is 64.6 Å². The van der Waals surface area contributed by atoms with Crippen LogP contribution < -0.4 is 26.6 Å². The summed E-state index contributed by atoms with van der Waals surface area (Å²) in [5.41, 5.74) is 6.34. The Balaban J connectivity index is 1.87. The second-order valence-corrected chi connectivity index (χ2v) is 8.72. The first-order chi connectivity index (χ1) is 15.8. The zero-order valence-electron chi connectivity index (χ0n) is 19.8. The van der Waals surface area contributed by atoms with Gasteiger partial charge in [0.2, 0.25) is 5.91 Å². The minimum atomic E-state index is -0.608. The molecule has 0 bridgehead atoms. The molecule has 33 heavy (non-hydrogen) atoms. The number of anilines is 2. The molecule has 0 saturated heterocycles. The first-order valence-electron chi connectivity index (χ1n) is 11.6. The molecule has 0 spiro atoms. The largest absolute Gasteiger partial charge is 0.497 e. The van der Waals surface area contributed by atoms with Gasteiger partial charge in [-0.25, -0.2) is 4.79 Å². The van der Waals surface area contributed by atoms with Gasteiger partial charge in [-0.3, -0.25) is 24.0 Å². The van der Waals surface area contributed by atoms with Gasteiger partial charge in [-0.05, 0) is 44.0 Å². The number of nitrogens with two attached hydrogens (primary N) is 1. The molecule has 1 amide bonds. The van der Waals surface area contributed by atoms with Crippen molar-refractivity contribution < 1.29 is 9.53 Å². The quantitative estimate of drug-likeness (QED) is 0.566. The van der Waals surface area contributed by atoms with E-state index < -0.39 is 11.2 Å². The van der Waals surface area contributed by atoms with Crippen molar-refractivity contribution in [1.82, 2.24) is 14.5 Å². The van der Waals surface area contributed by atoms with Gasteiger partial charge < -0.3 is 15.4 Å². The zero-order valence-corrected chi connectivity index (χ0v) is 19.8. The highest BCUT2D eigenvalue weighted by molar-refractivity contribution is 5.97. The summed E-state index contributed by atoms with van der Waals surface area (Å²) in [5.74, 6) is 0.642. The number of H-pyrrole nitrogens is 1. The second-order valence-electron chi connectivity index (χ2n) is 8.72. The van der Waals surface area contributed by atoms with Crippen molar-refractivity contribution >= 4 is 17.4 Å². The molecule has 9 nitrogen and oxygen atoms in total. The Hall–Kier alpha value is -3.07. The van der Waals surface area contributed by atoms with Gasteiger partial charge in [0, 0.05) is 19.1 Å². The summed E-state index contributed by atoms with van der Waals surface area (Å²) >= 11 is 0. The summed E-state index contributed by atoms with van der Waals surface area (Å²) in [5, 5.41) is 0. The number of hydrogen-bond acceptors (Lipinski definition) is 6. The fraction of sp³-hybridized carbons (Fsp3) is 0.542. The van der Waals surface area contributed by atoms with Gasteiger partial charge in [0.15, 0.2) is 5.69 Å². The van der Waals surface area contributed by atoms with Crippen LogP contribution in [0.4, 0.5) is 11.5 Å². The number of rotatable bonds is 10. The van der Waals surface area contributed by atoms with Gasteiger partial charge in [0.05, 0.1) is 13.7 Å². The molecule has 0 aliphatic heterocycles. The average Bonchev–Trinajstić information content (AvgIpc) is 3.31. The van der Waals surface area contributed by atoms with E-state index in [4.69, 9.17) is 10.5 Å². The van der Waals surface area contributed by atoms with Crippen LogP contribution in [0.15, 0.2) is 33.9 Å². The van der Waals surface area contributed by atoms with Crippen molar-refractivity contribution in [2.75, 3.05) is 31.3 Å². The lowest BCUT2D eigenvalue weighted by Crippen LogP contribution is -2.48. The van der Waals surface area contributed by atoms with Crippen LogP contribution in [-0.2, 0) is 17.9 Å². The molecule has 3 rings (SSSR count). The molecule has 0 unspecified atom stereocenters. The number of methoxy groups -OCH3 is 1. The maximum absolute atomic E-state index is 13.5. The van der Waals surface area contributed by atoms with E-state index in [1.807, 2.05) is 43.1 Å². The van der Waals surface area contributed by atoms with Crippen LogP contribution in [0.1, 0.15) is 51.0 Å². The molecule has 3 N–H and O–H groups in total. The number of ether oxygens (including phenoxy) is 1. The number of hydrogen-bond donors (Lipinski definition) is 2. The number of amides is 1. The van der Waals surface area contributed by atoms with Crippen molar-refractivity contribution in [3.63, 3.8) is 0 Å². The molecule has 9 heteroatoms. The van der Waals surface area contributed by atoms with Gasteiger partial charge in [-0.15, -0.1) is 0 Å².